The first-order valence-electron chi connectivity index (χ1n) is 21.3. The molecule has 0 aromatic rings. The van der Waals surface area contributed by atoms with Crippen molar-refractivity contribution in [1.29, 1.82) is 0 Å². The summed E-state index contributed by atoms with van der Waals surface area (Å²) >= 11 is 0. The molecule has 0 aliphatic carbocycles. The summed E-state index contributed by atoms with van der Waals surface area (Å²) in [5.74, 6) is -0.640. The summed E-state index contributed by atoms with van der Waals surface area (Å²) in [4.78, 5) is 23.3. The summed E-state index contributed by atoms with van der Waals surface area (Å²) in [6, 6.07) is 0. The smallest absolute Gasteiger partial charge is 0.306 e. The van der Waals surface area contributed by atoms with Crippen LogP contribution in [0.1, 0.15) is 239 Å². The first-order valence-corrected chi connectivity index (χ1v) is 21.3. The number of allylic oxidation sites excluding steroid dienone is 4. The van der Waals surface area contributed by atoms with E-state index in [1.165, 1.54) is 154 Å². The molecular weight excluding hydrogens is 592 g/mol. The Bertz CT molecular complexity index is 727. The average Bonchev–Trinajstić information content (AvgIpc) is 3.07. The van der Waals surface area contributed by atoms with E-state index >= 15 is 0 Å². The van der Waals surface area contributed by atoms with Gasteiger partial charge in [0.2, 0.25) is 0 Å². The van der Waals surface area contributed by atoms with Gasteiger partial charge in [-0.2, -0.15) is 0 Å². The summed E-state index contributed by atoms with van der Waals surface area (Å²) < 4.78 is 6.04. The molecule has 48 heavy (non-hydrogen) atoms. The van der Waals surface area contributed by atoms with Gasteiger partial charge in [-0.25, -0.2) is 0 Å². The minimum Gasteiger partial charge on any atom is -0.481 e. The zero-order valence-corrected chi connectivity index (χ0v) is 32.3. The highest BCUT2D eigenvalue weighted by atomic mass is 16.5. The zero-order valence-electron chi connectivity index (χ0n) is 32.3. The molecule has 4 nitrogen and oxygen atoms in total. The molecule has 0 aliphatic heterocycles. The highest BCUT2D eigenvalue weighted by Crippen LogP contribution is 2.19. The van der Waals surface area contributed by atoms with E-state index in [9.17, 15) is 9.59 Å². The molecule has 0 aromatic heterocycles. The number of hydrogen-bond donors (Lipinski definition) is 1. The summed E-state index contributed by atoms with van der Waals surface area (Å²) in [5.41, 5.74) is 0. The Morgan fingerprint density at radius 1 is 0.458 bits per heavy atom. The van der Waals surface area contributed by atoms with Crippen LogP contribution < -0.4 is 0 Å². The standard InChI is InChI=1S/C44H82O4/c1-3-5-7-9-11-12-13-14-15-16-17-18-19-20-21-26-29-33-37-41-44(47)48-42(38-34-30-10-8-6-4-2)39-35-31-27-24-22-23-25-28-32-36-40-43(45)46/h11-12,14-15,42H,3-10,13,16-41H2,1-2H3,(H,45,46)/b12-11-,15-14-. The Morgan fingerprint density at radius 3 is 1.27 bits per heavy atom. The Labute approximate surface area is 299 Å². The van der Waals surface area contributed by atoms with Crippen LogP contribution in [0.15, 0.2) is 24.3 Å². The molecule has 0 spiro atoms. The maximum atomic E-state index is 12.7. The molecule has 0 aliphatic rings. The first-order chi connectivity index (χ1) is 23.6. The number of hydrogen-bond acceptors (Lipinski definition) is 3. The van der Waals surface area contributed by atoms with Crippen molar-refractivity contribution in [1.82, 2.24) is 0 Å². The molecule has 0 bridgehead atoms. The monoisotopic (exact) mass is 675 g/mol. The number of carboxylic acid groups (broad SMARTS) is 1. The van der Waals surface area contributed by atoms with Gasteiger partial charge in [0.1, 0.15) is 6.10 Å². The fourth-order valence-electron chi connectivity index (χ4n) is 6.51. The second-order valence-corrected chi connectivity index (χ2v) is 14.5. The van der Waals surface area contributed by atoms with Crippen molar-refractivity contribution in [3.8, 4) is 0 Å². The van der Waals surface area contributed by atoms with Crippen molar-refractivity contribution in [2.75, 3.05) is 0 Å². The number of carbonyl (C=O) groups is 2. The van der Waals surface area contributed by atoms with Gasteiger partial charge in [0.05, 0.1) is 0 Å². The van der Waals surface area contributed by atoms with E-state index in [0.29, 0.717) is 12.8 Å². The lowest BCUT2D eigenvalue weighted by Crippen LogP contribution is -2.18. The third-order valence-corrected chi connectivity index (χ3v) is 9.68. The van der Waals surface area contributed by atoms with Crippen LogP contribution in [0.3, 0.4) is 0 Å². The highest BCUT2D eigenvalue weighted by Gasteiger charge is 2.14. The maximum absolute atomic E-state index is 12.7. The average molecular weight is 675 g/mol. The third-order valence-electron chi connectivity index (χ3n) is 9.68. The second-order valence-electron chi connectivity index (χ2n) is 14.5. The topological polar surface area (TPSA) is 63.6 Å². The third kappa shape index (κ3) is 38.9. The Hall–Kier alpha value is -1.58. The van der Waals surface area contributed by atoms with Gasteiger partial charge >= 0.3 is 11.9 Å². The zero-order chi connectivity index (χ0) is 35.0. The lowest BCUT2D eigenvalue weighted by Gasteiger charge is -2.18. The molecule has 0 aromatic carbocycles. The van der Waals surface area contributed by atoms with Gasteiger partial charge in [-0.15, -0.1) is 0 Å². The van der Waals surface area contributed by atoms with Gasteiger partial charge in [0, 0.05) is 12.8 Å². The van der Waals surface area contributed by atoms with Gasteiger partial charge in [-0.05, 0) is 70.6 Å². The minimum absolute atomic E-state index is 0.0337. The molecule has 0 fully saturated rings. The fraction of sp³-hybridized carbons (Fsp3) is 0.864. The van der Waals surface area contributed by atoms with Crippen LogP contribution in [0.2, 0.25) is 0 Å². The van der Waals surface area contributed by atoms with Crippen molar-refractivity contribution in [3.63, 3.8) is 0 Å². The van der Waals surface area contributed by atoms with E-state index in [2.05, 4.69) is 38.2 Å². The molecule has 0 heterocycles. The van der Waals surface area contributed by atoms with E-state index in [1.54, 1.807) is 0 Å². The highest BCUT2D eigenvalue weighted by molar-refractivity contribution is 5.69. The Balaban J connectivity index is 3.88. The van der Waals surface area contributed by atoms with Gasteiger partial charge in [-0.1, -0.05) is 179 Å². The SMILES string of the molecule is CCCCC/C=C\C/C=C\CCCCCCCCCCCC(=O)OC(CCCCCCCC)CCCCCCCCCCCCC(=O)O. The van der Waals surface area contributed by atoms with E-state index in [1.807, 2.05) is 0 Å². The van der Waals surface area contributed by atoms with Crippen LogP contribution >= 0.6 is 0 Å². The molecule has 4 heteroatoms. The lowest BCUT2D eigenvalue weighted by molar-refractivity contribution is -0.150. The van der Waals surface area contributed by atoms with Crippen molar-refractivity contribution in [3.05, 3.63) is 24.3 Å². The maximum Gasteiger partial charge on any atom is 0.306 e. The van der Waals surface area contributed by atoms with Crippen LogP contribution in [0.5, 0.6) is 0 Å². The minimum atomic E-state index is -0.674. The molecule has 1 atom stereocenters. The quantitative estimate of drug-likeness (QED) is 0.0400. The summed E-state index contributed by atoms with van der Waals surface area (Å²) in [6.07, 6.45) is 50.8. The normalized spacial score (nSPS) is 12.4. The van der Waals surface area contributed by atoms with Gasteiger partial charge in [-0.3, -0.25) is 9.59 Å². The van der Waals surface area contributed by atoms with Crippen molar-refractivity contribution >= 4 is 11.9 Å². The van der Waals surface area contributed by atoms with Gasteiger partial charge < -0.3 is 9.84 Å². The van der Waals surface area contributed by atoms with E-state index in [0.717, 1.165) is 57.8 Å². The summed E-state index contributed by atoms with van der Waals surface area (Å²) in [5, 5.41) is 8.72. The van der Waals surface area contributed by atoms with Crippen LogP contribution in [0.4, 0.5) is 0 Å². The number of ether oxygens (including phenoxy) is 1. The molecule has 0 rings (SSSR count). The number of unbranched alkanes of at least 4 members (excludes halogenated alkanes) is 26. The van der Waals surface area contributed by atoms with Gasteiger partial charge in [0.25, 0.3) is 0 Å². The van der Waals surface area contributed by atoms with E-state index in [4.69, 9.17) is 9.84 Å². The number of aliphatic carboxylic acids is 1. The van der Waals surface area contributed by atoms with Crippen LogP contribution in [0, 0.1) is 0 Å². The predicted molar refractivity (Wildman–Crippen MR) is 209 cm³/mol. The summed E-state index contributed by atoms with van der Waals surface area (Å²) in [6.45, 7) is 4.52. The molecule has 0 saturated heterocycles. The number of carboxylic acids is 1. The molecule has 0 amide bonds. The molecule has 0 saturated carbocycles. The van der Waals surface area contributed by atoms with Crippen molar-refractivity contribution < 1.29 is 19.4 Å². The second kappa shape index (κ2) is 39.9. The Kier molecular flexibility index (Phi) is 38.5. The number of rotatable bonds is 39. The van der Waals surface area contributed by atoms with E-state index < -0.39 is 5.97 Å². The summed E-state index contributed by atoms with van der Waals surface area (Å²) in [7, 11) is 0. The molecule has 1 unspecified atom stereocenters. The van der Waals surface area contributed by atoms with Crippen LogP contribution in [-0.2, 0) is 14.3 Å². The number of esters is 1. The lowest BCUT2D eigenvalue weighted by atomic mass is 10.0. The van der Waals surface area contributed by atoms with Crippen LogP contribution in [-0.4, -0.2) is 23.1 Å². The fourth-order valence-corrected chi connectivity index (χ4v) is 6.51. The largest absolute Gasteiger partial charge is 0.481 e. The first kappa shape index (κ1) is 46.4. The number of carbonyl (C=O) groups excluding carboxylic acids is 1. The molecular formula is C44H82O4. The molecule has 0 radical (unpaired) electrons. The van der Waals surface area contributed by atoms with Gasteiger partial charge in [0.15, 0.2) is 0 Å². The van der Waals surface area contributed by atoms with Crippen molar-refractivity contribution in [2.24, 2.45) is 0 Å². The van der Waals surface area contributed by atoms with Crippen LogP contribution in [0.25, 0.3) is 0 Å². The predicted octanol–water partition coefficient (Wildman–Crippen LogP) is 14.8. The van der Waals surface area contributed by atoms with Crippen molar-refractivity contribution in [2.45, 2.75) is 245 Å². The Morgan fingerprint density at radius 2 is 0.812 bits per heavy atom. The van der Waals surface area contributed by atoms with E-state index in [-0.39, 0.29) is 12.1 Å². The molecule has 282 valence electrons. The molecule has 1 N–H and O–H groups in total.